The van der Waals surface area contributed by atoms with Gasteiger partial charge in [0.05, 0.1) is 0 Å². The Morgan fingerprint density at radius 2 is 1.94 bits per heavy atom. The van der Waals surface area contributed by atoms with Crippen LogP contribution in [-0.4, -0.2) is 22.6 Å². The van der Waals surface area contributed by atoms with E-state index in [0.717, 1.165) is 18.4 Å². The van der Waals surface area contributed by atoms with E-state index in [1.165, 1.54) is 25.7 Å². The second kappa shape index (κ2) is 4.84. The average Bonchev–Trinajstić information content (AvgIpc) is 3.24. The topological polar surface area (TPSA) is 54.9 Å². The molecule has 4 nitrogen and oxygen atoms in total. The van der Waals surface area contributed by atoms with Gasteiger partial charge in [0, 0.05) is 6.54 Å². The summed E-state index contributed by atoms with van der Waals surface area (Å²) in [7, 11) is 0. The number of carbonyl (C=O) groups excluding carboxylic acids is 1. The molecule has 0 radical (unpaired) electrons. The highest BCUT2D eigenvalue weighted by Crippen LogP contribution is 2.48. The Morgan fingerprint density at radius 1 is 1.28 bits per heavy atom. The van der Waals surface area contributed by atoms with Crippen LogP contribution in [0.4, 0.5) is 0 Å². The van der Waals surface area contributed by atoms with Crippen molar-refractivity contribution in [2.45, 2.75) is 25.7 Å². The summed E-state index contributed by atoms with van der Waals surface area (Å²) < 4.78 is 0. The standard InChI is InChI=1S/C13H16ClN3O/c14-12-6-5-11(16-17-12)13(18)15-7-10(8-1-2-8)9-3-4-9/h5-6,8-10H,1-4,7H2,(H,15,18). The van der Waals surface area contributed by atoms with Crippen molar-refractivity contribution in [3.63, 3.8) is 0 Å². The predicted molar refractivity (Wildman–Crippen MR) is 68.3 cm³/mol. The number of nitrogens with zero attached hydrogens (tertiary/aromatic N) is 2. The number of nitrogens with one attached hydrogen (secondary N) is 1. The number of amides is 1. The van der Waals surface area contributed by atoms with Crippen molar-refractivity contribution >= 4 is 17.5 Å². The van der Waals surface area contributed by atoms with Crippen molar-refractivity contribution in [1.82, 2.24) is 15.5 Å². The smallest absolute Gasteiger partial charge is 0.271 e. The fourth-order valence-corrected chi connectivity index (χ4v) is 2.61. The molecule has 0 atom stereocenters. The van der Waals surface area contributed by atoms with Crippen LogP contribution in [0.1, 0.15) is 36.2 Å². The first kappa shape index (κ1) is 11.9. The molecule has 0 aliphatic heterocycles. The zero-order valence-electron chi connectivity index (χ0n) is 10.1. The Bertz CT molecular complexity index is 428. The normalized spacial score (nSPS) is 19.0. The van der Waals surface area contributed by atoms with Gasteiger partial charge >= 0.3 is 0 Å². The lowest BCUT2D eigenvalue weighted by atomic mass is 9.98. The molecule has 0 saturated heterocycles. The fraction of sp³-hybridized carbons (Fsp3) is 0.615. The molecule has 5 heteroatoms. The van der Waals surface area contributed by atoms with E-state index in [1.807, 2.05) is 0 Å². The molecule has 96 valence electrons. The molecule has 2 saturated carbocycles. The van der Waals surface area contributed by atoms with Gasteiger partial charge in [0.2, 0.25) is 0 Å². The number of hydrogen-bond donors (Lipinski definition) is 1. The first-order valence-electron chi connectivity index (χ1n) is 6.51. The Kier molecular flexibility index (Phi) is 3.20. The molecule has 0 aromatic carbocycles. The highest BCUT2D eigenvalue weighted by atomic mass is 35.5. The van der Waals surface area contributed by atoms with Crippen LogP contribution in [0.3, 0.4) is 0 Å². The molecule has 1 aromatic heterocycles. The lowest BCUT2D eigenvalue weighted by molar-refractivity contribution is 0.0937. The van der Waals surface area contributed by atoms with Crippen molar-refractivity contribution in [3.8, 4) is 0 Å². The van der Waals surface area contributed by atoms with Crippen molar-refractivity contribution in [2.24, 2.45) is 17.8 Å². The first-order chi connectivity index (χ1) is 8.74. The molecule has 2 aliphatic rings. The molecule has 3 rings (SSSR count). The first-order valence-corrected chi connectivity index (χ1v) is 6.89. The summed E-state index contributed by atoms with van der Waals surface area (Å²) in [5.41, 5.74) is 0.338. The molecule has 0 spiro atoms. The van der Waals surface area contributed by atoms with Crippen LogP contribution < -0.4 is 5.32 Å². The minimum atomic E-state index is -0.148. The molecule has 2 aliphatic carbocycles. The van der Waals surface area contributed by atoms with Gasteiger partial charge in [-0.2, -0.15) is 0 Å². The second-order valence-electron chi connectivity index (χ2n) is 5.29. The number of aromatic nitrogens is 2. The molecule has 0 bridgehead atoms. The summed E-state index contributed by atoms with van der Waals surface area (Å²) in [4.78, 5) is 11.9. The van der Waals surface area contributed by atoms with E-state index >= 15 is 0 Å². The van der Waals surface area contributed by atoms with Crippen LogP contribution in [0.5, 0.6) is 0 Å². The lowest BCUT2D eigenvalue weighted by Crippen LogP contribution is -2.31. The second-order valence-corrected chi connectivity index (χ2v) is 5.68. The molecule has 0 unspecified atom stereocenters. The van der Waals surface area contributed by atoms with Crippen LogP contribution in [0.15, 0.2) is 12.1 Å². The van der Waals surface area contributed by atoms with Crippen LogP contribution in [0.25, 0.3) is 0 Å². The highest BCUT2D eigenvalue weighted by molar-refractivity contribution is 6.29. The monoisotopic (exact) mass is 265 g/mol. The zero-order valence-corrected chi connectivity index (χ0v) is 10.9. The predicted octanol–water partition coefficient (Wildman–Crippen LogP) is 2.30. The third-order valence-electron chi connectivity index (χ3n) is 3.82. The third kappa shape index (κ3) is 2.80. The van der Waals surface area contributed by atoms with Gasteiger partial charge in [-0.1, -0.05) is 11.6 Å². The Morgan fingerprint density at radius 3 is 2.44 bits per heavy atom. The molecular formula is C13H16ClN3O. The van der Waals surface area contributed by atoms with Crippen LogP contribution in [0, 0.1) is 17.8 Å². The Labute approximate surface area is 111 Å². The maximum Gasteiger partial charge on any atom is 0.271 e. The van der Waals surface area contributed by atoms with Crippen LogP contribution >= 0.6 is 11.6 Å². The number of carbonyl (C=O) groups is 1. The van der Waals surface area contributed by atoms with Crippen molar-refractivity contribution < 1.29 is 4.79 Å². The number of halogens is 1. The summed E-state index contributed by atoms with van der Waals surface area (Å²) >= 11 is 5.64. The van der Waals surface area contributed by atoms with Gasteiger partial charge in [-0.25, -0.2) is 0 Å². The van der Waals surface area contributed by atoms with Gasteiger partial charge in [0.15, 0.2) is 10.8 Å². The summed E-state index contributed by atoms with van der Waals surface area (Å²) in [6, 6.07) is 3.19. The largest absolute Gasteiger partial charge is 0.350 e. The molecule has 18 heavy (non-hydrogen) atoms. The van der Waals surface area contributed by atoms with Gasteiger partial charge in [-0.3, -0.25) is 4.79 Å². The maximum absolute atomic E-state index is 11.9. The molecule has 2 fully saturated rings. The van der Waals surface area contributed by atoms with Crippen molar-refractivity contribution in [3.05, 3.63) is 23.0 Å². The molecule has 1 aromatic rings. The van der Waals surface area contributed by atoms with E-state index in [-0.39, 0.29) is 5.91 Å². The van der Waals surface area contributed by atoms with Gasteiger partial charge < -0.3 is 5.32 Å². The van der Waals surface area contributed by atoms with E-state index in [0.29, 0.717) is 16.8 Å². The minimum absolute atomic E-state index is 0.148. The lowest BCUT2D eigenvalue weighted by Gasteiger charge is -2.15. The highest BCUT2D eigenvalue weighted by Gasteiger charge is 2.41. The summed E-state index contributed by atoms with van der Waals surface area (Å²) in [6.07, 6.45) is 5.32. The number of hydrogen-bond acceptors (Lipinski definition) is 3. The van der Waals surface area contributed by atoms with Gasteiger partial charge in [-0.05, 0) is 55.6 Å². The third-order valence-corrected chi connectivity index (χ3v) is 4.02. The summed E-state index contributed by atoms with van der Waals surface area (Å²) in [5.74, 6) is 2.21. The number of rotatable bonds is 5. The van der Waals surface area contributed by atoms with Crippen molar-refractivity contribution in [2.75, 3.05) is 6.54 Å². The van der Waals surface area contributed by atoms with E-state index in [4.69, 9.17) is 11.6 Å². The van der Waals surface area contributed by atoms with Crippen LogP contribution in [0.2, 0.25) is 5.15 Å². The Balaban J connectivity index is 1.55. The van der Waals surface area contributed by atoms with E-state index < -0.39 is 0 Å². The fourth-order valence-electron chi connectivity index (χ4n) is 2.51. The average molecular weight is 266 g/mol. The molecule has 1 amide bonds. The summed E-state index contributed by atoms with van der Waals surface area (Å²) in [5, 5.41) is 10.7. The van der Waals surface area contributed by atoms with Gasteiger partial charge in [0.1, 0.15) is 0 Å². The van der Waals surface area contributed by atoms with Crippen LogP contribution in [-0.2, 0) is 0 Å². The molecule has 1 heterocycles. The minimum Gasteiger partial charge on any atom is -0.350 e. The maximum atomic E-state index is 11.9. The zero-order chi connectivity index (χ0) is 12.5. The van der Waals surface area contributed by atoms with E-state index in [9.17, 15) is 4.79 Å². The van der Waals surface area contributed by atoms with Gasteiger partial charge in [-0.15, -0.1) is 10.2 Å². The van der Waals surface area contributed by atoms with E-state index in [2.05, 4.69) is 15.5 Å². The summed E-state index contributed by atoms with van der Waals surface area (Å²) in [6.45, 7) is 0.776. The molecule has 1 N–H and O–H groups in total. The van der Waals surface area contributed by atoms with Gasteiger partial charge in [0.25, 0.3) is 5.91 Å². The molecular weight excluding hydrogens is 250 g/mol. The quantitative estimate of drug-likeness (QED) is 0.889. The Hall–Kier alpha value is -1.16. The van der Waals surface area contributed by atoms with E-state index in [1.54, 1.807) is 12.1 Å². The van der Waals surface area contributed by atoms with Crippen molar-refractivity contribution in [1.29, 1.82) is 0 Å². The SMILES string of the molecule is O=C(NCC(C1CC1)C1CC1)c1ccc(Cl)nn1.